The van der Waals surface area contributed by atoms with Gasteiger partial charge in [-0.05, 0) is 76.9 Å². The molecule has 53 heavy (non-hydrogen) atoms. The van der Waals surface area contributed by atoms with Crippen molar-refractivity contribution in [3.8, 4) is 22.6 Å². The van der Waals surface area contributed by atoms with Gasteiger partial charge in [0.15, 0.2) is 5.96 Å². The summed E-state index contributed by atoms with van der Waals surface area (Å²) >= 11 is 0. The van der Waals surface area contributed by atoms with Crippen LogP contribution in [0.4, 0.5) is 0 Å². The minimum atomic E-state index is -1.11. The van der Waals surface area contributed by atoms with E-state index < -0.39 is 41.8 Å². The summed E-state index contributed by atoms with van der Waals surface area (Å²) in [7, 11) is 4.50. The van der Waals surface area contributed by atoms with Crippen molar-refractivity contribution in [2.45, 2.75) is 70.0 Å². The van der Waals surface area contributed by atoms with E-state index in [2.05, 4.69) is 33.1 Å². The lowest BCUT2D eigenvalue weighted by Crippen LogP contribution is -2.56. The molecule has 7 N–H and O–H groups in total. The van der Waals surface area contributed by atoms with Crippen LogP contribution in [0.2, 0.25) is 0 Å². The maximum Gasteiger partial charge on any atom is 0.328 e. The number of methoxy groups -OCH3 is 3. The highest BCUT2D eigenvalue weighted by atomic mass is 16.5. The number of guanidine groups is 1. The molecule has 3 amide bonds. The summed E-state index contributed by atoms with van der Waals surface area (Å²) < 4.78 is 17.5. The normalized spacial score (nSPS) is 18.2. The highest BCUT2D eigenvalue weighted by molar-refractivity contribution is 6.11. The van der Waals surface area contributed by atoms with Gasteiger partial charge in [-0.25, -0.2) is 4.79 Å². The fraction of sp³-hybridized carbons (Fsp3) is 0.375. The fourth-order valence-electron chi connectivity index (χ4n) is 7.12. The summed E-state index contributed by atoms with van der Waals surface area (Å²) in [6.07, 6.45) is 2.69. The summed E-state index contributed by atoms with van der Waals surface area (Å²) in [5.41, 5.74) is 14.3. The summed E-state index contributed by atoms with van der Waals surface area (Å²) in [4.78, 5) is 57.5. The zero-order chi connectivity index (χ0) is 38.1. The van der Waals surface area contributed by atoms with Gasteiger partial charge in [0.05, 0.1) is 21.3 Å². The van der Waals surface area contributed by atoms with Gasteiger partial charge >= 0.3 is 5.97 Å². The van der Waals surface area contributed by atoms with Gasteiger partial charge in [-0.2, -0.15) is 0 Å². The Balaban J connectivity index is 1.73. The number of fused-ring (bicyclic) bond motifs is 9. The first-order chi connectivity index (χ1) is 25.6. The van der Waals surface area contributed by atoms with Crippen LogP contribution in [0, 0.1) is 0 Å². The van der Waals surface area contributed by atoms with E-state index >= 15 is 0 Å². The SMILES string of the molecule is COC(=O)C1CCCCc2cc3ccccc3c(c2OC)-c2c(OC)c(cc3ccccc23)CC(NC(C)=O)C(=O)NC(CCCN=C(N)N)C(=O)N1. The highest BCUT2D eigenvalue weighted by Gasteiger charge is 2.32. The highest BCUT2D eigenvalue weighted by Crippen LogP contribution is 2.48. The predicted molar refractivity (Wildman–Crippen MR) is 205 cm³/mol. The van der Waals surface area contributed by atoms with Crippen LogP contribution in [-0.4, -0.2) is 75.7 Å². The molecule has 0 radical (unpaired) electrons. The zero-order valence-corrected chi connectivity index (χ0v) is 30.6. The van der Waals surface area contributed by atoms with Crippen LogP contribution in [0.15, 0.2) is 65.7 Å². The number of rotatable bonds is 8. The largest absolute Gasteiger partial charge is 0.496 e. The van der Waals surface area contributed by atoms with E-state index in [-0.39, 0.29) is 25.3 Å². The number of aryl methyl sites for hydroxylation is 1. The number of hydrogen-bond acceptors (Lipinski definition) is 8. The lowest BCUT2D eigenvalue weighted by Gasteiger charge is -2.26. The number of amides is 3. The van der Waals surface area contributed by atoms with Gasteiger partial charge in [-0.3, -0.25) is 19.4 Å². The van der Waals surface area contributed by atoms with Crippen LogP contribution in [-0.2, 0) is 36.8 Å². The third kappa shape index (κ3) is 8.97. The number of esters is 1. The molecule has 0 spiro atoms. The van der Waals surface area contributed by atoms with E-state index in [4.69, 9.17) is 25.7 Å². The minimum Gasteiger partial charge on any atom is -0.496 e. The van der Waals surface area contributed by atoms with E-state index in [0.29, 0.717) is 49.2 Å². The van der Waals surface area contributed by atoms with Crippen LogP contribution in [0.25, 0.3) is 32.7 Å². The molecule has 4 aromatic carbocycles. The molecule has 4 bridgehead atoms. The molecule has 280 valence electrons. The average molecular weight is 725 g/mol. The standard InChI is InChI=1S/C40H48N6O7/c1-23(47)44-32-22-27-21-25-13-6-9-16-29(25)34(36(27)52-3)33-28-15-8-5-12-24(28)20-26(35(33)51-2)14-7-10-17-31(39(50)53-4)46-37(48)30(45-38(32)49)18-11-19-43-40(41)42/h5-6,8-9,12-13,15-16,20-21,30-32H,7,10-11,14,17-19,22H2,1-4H3,(H,44,47)(H,45,49)(H,46,48)(H4,41,42,43). The monoisotopic (exact) mass is 724 g/mol. The van der Waals surface area contributed by atoms with E-state index in [1.807, 2.05) is 48.5 Å². The van der Waals surface area contributed by atoms with Gasteiger partial charge in [0.2, 0.25) is 17.7 Å². The molecular weight excluding hydrogens is 676 g/mol. The van der Waals surface area contributed by atoms with E-state index in [1.165, 1.54) is 14.0 Å². The second-order valence-corrected chi connectivity index (χ2v) is 13.1. The second kappa shape index (κ2) is 17.6. The topological polar surface area (TPSA) is 196 Å². The Morgan fingerprint density at radius 1 is 0.849 bits per heavy atom. The summed E-state index contributed by atoms with van der Waals surface area (Å²) in [5.74, 6) is -1.10. The molecule has 0 saturated heterocycles. The van der Waals surface area contributed by atoms with Crippen molar-refractivity contribution in [1.82, 2.24) is 16.0 Å². The van der Waals surface area contributed by atoms with Crippen LogP contribution >= 0.6 is 0 Å². The molecule has 1 aliphatic rings. The van der Waals surface area contributed by atoms with Crippen molar-refractivity contribution >= 4 is 51.2 Å². The first kappa shape index (κ1) is 38.4. The van der Waals surface area contributed by atoms with E-state index in [1.54, 1.807) is 14.2 Å². The maximum absolute atomic E-state index is 14.2. The molecule has 5 rings (SSSR count). The Kier molecular flexibility index (Phi) is 12.7. The number of ether oxygens (including phenoxy) is 3. The third-order valence-corrected chi connectivity index (χ3v) is 9.50. The van der Waals surface area contributed by atoms with Crippen LogP contribution in [0.1, 0.15) is 50.2 Å². The molecular formula is C40H48N6O7. The van der Waals surface area contributed by atoms with Crippen LogP contribution in [0.5, 0.6) is 11.5 Å². The van der Waals surface area contributed by atoms with Gasteiger partial charge in [-0.1, -0.05) is 55.0 Å². The van der Waals surface area contributed by atoms with Crippen molar-refractivity contribution in [2.24, 2.45) is 16.5 Å². The zero-order valence-electron chi connectivity index (χ0n) is 30.6. The smallest absolute Gasteiger partial charge is 0.328 e. The van der Waals surface area contributed by atoms with Gasteiger partial charge < -0.3 is 41.6 Å². The van der Waals surface area contributed by atoms with Crippen molar-refractivity contribution < 1.29 is 33.4 Å². The Hall–Kier alpha value is -5.85. The molecule has 3 atom stereocenters. The van der Waals surface area contributed by atoms with Crippen molar-refractivity contribution in [3.63, 3.8) is 0 Å². The number of carbonyl (C=O) groups is 4. The van der Waals surface area contributed by atoms with E-state index in [9.17, 15) is 19.2 Å². The minimum absolute atomic E-state index is 0.0273. The average Bonchev–Trinajstić information content (AvgIpc) is 3.14. The Morgan fingerprint density at radius 2 is 1.45 bits per heavy atom. The summed E-state index contributed by atoms with van der Waals surface area (Å²) in [6, 6.07) is 16.9. The molecule has 0 saturated carbocycles. The Morgan fingerprint density at radius 3 is 2.04 bits per heavy atom. The van der Waals surface area contributed by atoms with Gasteiger partial charge in [0.25, 0.3) is 0 Å². The molecule has 13 nitrogen and oxygen atoms in total. The Labute approximate surface area is 308 Å². The lowest BCUT2D eigenvalue weighted by atomic mass is 9.86. The molecule has 3 unspecified atom stereocenters. The Bertz CT molecular complexity index is 2030. The quantitative estimate of drug-likeness (QED) is 0.0780. The number of hydrogen-bond donors (Lipinski definition) is 5. The van der Waals surface area contributed by atoms with Crippen LogP contribution in [0.3, 0.4) is 0 Å². The number of nitrogens with zero attached hydrogens (tertiary/aromatic N) is 1. The number of aliphatic imine (C=N–C) groups is 1. The number of carbonyl (C=O) groups excluding carboxylic acids is 4. The predicted octanol–water partition coefficient (Wildman–Crippen LogP) is 3.65. The molecule has 13 heteroatoms. The van der Waals surface area contributed by atoms with Crippen molar-refractivity contribution in [1.29, 1.82) is 0 Å². The molecule has 0 aromatic heterocycles. The van der Waals surface area contributed by atoms with E-state index in [0.717, 1.165) is 38.2 Å². The first-order valence-electron chi connectivity index (χ1n) is 17.7. The molecule has 1 aliphatic heterocycles. The lowest BCUT2D eigenvalue weighted by molar-refractivity contribution is -0.145. The number of nitrogens with two attached hydrogens (primary N) is 2. The first-order valence-corrected chi connectivity index (χ1v) is 17.7. The third-order valence-electron chi connectivity index (χ3n) is 9.50. The second-order valence-electron chi connectivity index (χ2n) is 13.1. The van der Waals surface area contributed by atoms with Gasteiger partial charge in [-0.15, -0.1) is 0 Å². The number of nitrogens with one attached hydrogen (secondary N) is 3. The molecule has 1 heterocycles. The van der Waals surface area contributed by atoms with Crippen molar-refractivity contribution in [2.75, 3.05) is 27.9 Å². The summed E-state index contributed by atoms with van der Waals surface area (Å²) in [6.45, 7) is 1.54. The van der Waals surface area contributed by atoms with Crippen molar-refractivity contribution in [3.05, 3.63) is 71.8 Å². The fourth-order valence-corrected chi connectivity index (χ4v) is 7.12. The maximum atomic E-state index is 14.2. The van der Waals surface area contributed by atoms with Crippen LogP contribution < -0.4 is 36.9 Å². The molecule has 0 aliphatic carbocycles. The summed E-state index contributed by atoms with van der Waals surface area (Å²) in [5, 5.41) is 12.2. The number of benzene rings is 4. The molecule has 0 fully saturated rings. The van der Waals surface area contributed by atoms with Gasteiger partial charge in [0, 0.05) is 31.0 Å². The van der Waals surface area contributed by atoms with Gasteiger partial charge in [0.1, 0.15) is 29.6 Å². The molecule has 4 aromatic rings.